The van der Waals surface area contributed by atoms with Gasteiger partial charge in [0.2, 0.25) is 0 Å². The monoisotopic (exact) mass is 253 g/mol. The molecular formula is C14H20ClNO. The van der Waals surface area contributed by atoms with Crippen molar-refractivity contribution < 1.29 is 5.11 Å². The molecule has 0 aliphatic heterocycles. The molecule has 1 aliphatic rings. The van der Waals surface area contributed by atoms with E-state index in [1.165, 1.54) is 11.1 Å². The molecule has 0 aromatic heterocycles. The van der Waals surface area contributed by atoms with E-state index in [4.69, 9.17) is 11.6 Å². The molecular weight excluding hydrogens is 234 g/mol. The average molecular weight is 254 g/mol. The van der Waals surface area contributed by atoms with Crippen molar-refractivity contribution in [2.24, 2.45) is 0 Å². The second-order valence-electron chi connectivity index (χ2n) is 5.09. The molecule has 0 bridgehead atoms. The van der Waals surface area contributed by atoms with E-state index in [1.807, 2.05) is 6.07 Å². The zero-order chi connectivity index (χ0) is 12.4. The van der Waals surface area contributed by atoms with Crippen LogP contribution in [0.4, 0.5) is 5.69 Å². The molecule has 1 aliphatic carbocycles. The van der Waals surface area contributed by atoms with Crippen LogP contribution in [0.25, 0.3) is 0 Å². The summed E-state index contributed by atoms with van der Waals surface area (Å²) < 4.78 is 0. The summed E-state index contributed by atoms with van der Waals surface area (Å²) in [5.74, 6) is 0. The topological polar surface area (TPSA) is 32.3 Å². The van der Waals surface area contributed by atoms with Gasteiger partial charge in [0, 0.05) is 6.04 Å². The summed E-state index contributed by atoms with van der Waals surface area (Å²) in [5.41, 5.74) is 3.44. The molecule has 0 spiro atoms. The summed E-state index contributed by atoms with van der Waals surface area (Å²) in [6.07, 6.45) is 3.71. The van der Waals surface area contributed by atoms with Gasteiger partial charge in [0.15, 0.2) is 0 Å². The van der Waals surface area contributed by atoms with Crippen molar-refractivity contribution >= 4 is 17.3 Å². The smallest absolute Gasteiger partial charge is 0.0642 e. The first-order chi connectivity index (χ1) is 8.06. The van der Waals surface area contributed by atoms with E-state index in [2.05, 4.69) is 25.2 Å². The van der Waals surface area contributed by atoms with E-state index in [-0.39, 0.29) is 6.10 Å². The maximum Gasteiger partial charge on any atom is 0.0642 e. The molecule has 0 amide bonds. The Kier molecular flexibility index (Phi) is 3.95. The number of benzene rings is 1. The van der Waals surface area contributed by atoms with Gasteiger partial charge in [0.1, 0.15) is 0 Å². The highest BCUT2D eigenvalue weighted by Crippen LogP contribution is 2.30. The highest BCUT2D eigenvalue weighted by Gasteiger charge is 2.20. The van der Waals surface area contributed by atoms with Gasteiger partial charge in [0.25, 0.3) is 0 Å². The van der Waals surface area contributed by atoms with Crippen molar-refractivity contribution in [3.63, 3.8) is 0 Å². The van der Waals surface area contributed by atoms with E-state index in [1.54, 1.807) is 0 Å². The van der Waals surface area contributed by atoms with Gasteiger partial charge in [-0.05, 0) is 56.7 Å². The Bertz CT molecular complexity index is 374. The van der Waals surface area contributed by atoms with Crippen LogP contribution < -0.4 is 5.32 Å². The minimum Gasteiger partial charge on any atom is -0.393 e. The minimum absolute atomic E-state index is 0.109. The number of anilines is 1. The molecule has 0 heterocycles. The molecule has 0 radical (unpaired) electrons. The highest BCUT2D eigenvalue weighted by atomic mass is 35.5. The Labute approximate surface area is 108 Å². The molecule has 94 valence electrons. The molecule has 2 N–H and O–H groups in total. The van der Waals surface area contributed by atoms with Gasteiger partial charge < -0.3 is 10.4 Å². The van der Waals surface area contributed by atoms with E-state index in [9.17, 15) is 5.11 Å². The molecule has 0 saturated heterocycles. The number of aliphatic hydroxyl groups is 1. The Morgan fingerprint density at radius 3 is 2.41 bits per heavy atom. The fraction of sp³-hybridized carbons (Fsp3) is 0.571. The molecule has 1 aromatic rings. The van der Waals surface area contributed by atoms with Gasteiger partial charge in [-0.15, -0.1) is 0 Å². The van der Waals surface area contributed by atoms with E-state index < -0.39 is 0 Å². The Balaban J connectivity index is 2.08. The van der Waals surface area contributed by atoms with Gasteiger partial charge in [-0.25, -0.2) is 0 Å². The zero-order valence-electron chi connectivity index (χ0n) is 10.5. The summed E-state index contributed by atoms with van der Waals surface area (Å²) in [4.78, 5) is 0. The van der Waals surface area contributed by atoms with Gasteiger partial charge >= 0.3 is 0 Å². The lowest BCUT2D eigenvalue weighted by Gasteiger charge is -2.28. The summed E-state index contributed by atoms with van der Waals surface area (Å²) in [6.45, 7) is 4.14. The largest absolute Gasteiger partial charge is 0.393 e. The number of halogens is 1. The lowest BCUT2D eigenvalue weighted by atomic mass is 9.92. The Hall–Kier alpha value is -0.730. The van der Waals surface area contributed by atoms with Crippen LogP contribution in [0.3, 0.4) is 0 Å². The van der Waals surface area contributed by atoms with Crippen LogP contribution in [0.2, 0.25) is 5.02 Å². The number of hydrogen-bond donors (Lipinski definition) is 2. The first-order valence-corrected chi connectivity index (χ1v) is 6.65. The second kappa shape index (κ2) is 5.28. The fourth-order valence-electron chi connectivity index (χ4n) is 2.52. The molecule has 1 fully saturated rings. The predicted molar refractivity (Wildman–Crippen MR) is 72.8 cm³/mol. The quantitative estimate of drug-likeness (QED) is 0.843. The number of aliphatic hydroxyl groups excluding tert-OH is 1. The SMILES string of the molecule is Cc1cc(C)c(NC2CCC(O)CC2)c(Cl)c1. The predicted octanol–water partition coefficient (Wildman–Crippen LogP) is 3.67. The van der Waals surface area contributed by atoms with Gasteiger partial charge in [-0.2, -0.15) is 0 Å². The lowest BCUT2D eigenvalue weighted by Crippen LogP contribution is -2.28. The van der Waals surface area contributed by atoms with Crippen LogP contribution in [-0.4, -0.2) is 17.3 Å². The molecule has 2 nitrogen and oxygen atoms in total. The molecule has 1 saturated carbocycles. The summed E-state index contributed by atoms with van der Waals surface area (Å²) >= 11 is 6.27. The molecule has 0 unspecified atom stereocenters. The maximum absolute atomic E-state index is 9.48. The lowest BCUT2D eigenvalue weighted by molar-refractivity contribution is 0.126. The van der Waals surface area contributed by atoms with Gasteiger partial charge in [-0.3, -0.25) is 0 Å². The zero-order valence-corrected chi connectivity index (χ0v) is 11.2. The van der Waals surface area contributed by atoms with Gasteiger partial charge in [-0.1, -0.05) is 17.7 Å². The highest BCUT2D eigenvalue weighted by molar-refractivity contribution is 6.33. The normalized spacial score (nSPS) is 24.7. The van der Waals surface area contributed by atoms with Crippen LogP contribution in [-0.2, 0) is 0 Å². The van der Waals surface area contributed by atoms with Crippen LogP contribution in [0.5, 0.6) is 0 Å². The van der Waals surface area contributed by atoms with Crippen molar-refractivity contribution in [3.8, 4) is 0 Å². The van der Waals surface area contributed by atoms with Crippen LogP contribution in [0, 0.1) is 13.8 Å². The van der Waals surface area contributed by atoms with E-state index in [0.717, 1.165) is 36.4 Å². The third kappa shape index (κ3) is 3.14. The van der Waals surface area contributed by atoms with Crippen LogP contribution in [0.15, 0.2) is 12.1 Å². The molecule has 17 heavy (non-hydrogen) atoms. The van der Waals surface area contributed by atoms with Crippen molar-refractivity contribution in [3.05, 3.63) is 28.3 Å². The molecule has 0 atom stereocenters. The standard InChI is InChI=1S/C14H20ClNO/c1-9-7-10(2)14(13(15)8-9)16-11-3-5-12(17)6-4-11/h7-8,11-12,16-17H,3-6H2,1-2H3. The molecule has 1 aromatic carbocycles. The van der Waals surface area contributed by atoms with Crippen molar-refractivity contribution in [1.29, 1.82) is 0 Å². The number of nitrogens with one attached hydrogen (secondary N) is 1. The fourth-order valence-corrected chi connectivity index (χ4v) is 2.90. The first-order valence-electron chi connectivity index (χ1n) is 6.27. The second-order valence-corrected chi connectivity index (χ2v) is 5.50. The summed E-state index contributed by atoms with van der Waals surface area (Å²) in [5, 5.41) is 13.8. The minimum atomic E-state index is -0.109. The average Bonchev–Trinajstić information content (AvgIpc) is 2.26. The third-order valence-corrected chi connectivity index (χ3v) is 3.77. The van der Waals surface area contributed by atoms with Gasteiger partial charge in [0.05, 0.1) is 16.8 Å². The molecule has 3 heteroatoms. The van der Waals surface area contributed by atoms with E-state index in [0.29, 0.717) is 6.04 Å². The van der Waals surface area contributed by atoms with E-state index >= 15 is 0 Å². The van der Waals surface area contributed by atoms with Crippen molar-refractivity contribution in [2.45, 2.75) is 51.7 Å². The van der Waals surface area contributed by atoms with Crippen LogP contribution >= 0.6 is 11.6 Å². The number of rotatable bonds is 2. The van der Waals surface area contributed by atoms with Crippen molar-refractivity contribution in [1.82, 2.24) is 0 Å². The van der Waals surface area contributed by atoms with Crippen LogP contribution in [0.1, 0.15) is 36.8 Å². The Morgan fingerprint density at radius 2 is 1.82 bits per heavy atom. The number of aryl methyl sites for hydroxylation is 2. The summed E-state index contributed by atoms with van der Waals surface area (Å²) in [7, 11) is 0. The number of hydrogen-bond acceptors (Lipinski definition) is 2. The third-order valence-electron chi connectivity index (χ3n) is 3.48. The maximum atomic E-state index is 9.48. The van der Waals surface area contributed by atoms with Crippen molar-refractivity contribution in [2.75, 3.05) is 5.32 Å². The molecule has 2 rings (SSSR count). The summed E-state index contributed by atoms with van der Waals surface area (Å²) in [6, 6.07) is 4.58. The Morgan fingerprint density at radius 1 is 1.18 bits per heavy atom. The first kappa shape index (κ1) is 12.7.